The second-order valence-electron chi connectivity index (χ2n) is 4.57. The minimum absolute atomic E-state index is 0.0142. The van der Waals surface area contributed by atoms with Crippen LogP contribution >= 0.6 is 0 Å². The maximum atomic E-state index is 11.3. The van der Waals surface area contributed by atoms with Gasteiger partial charge in [-0.05, 0) is 24.1 Å². The standard InChI is InChI=1S/C12H15NO4S/c1-18(16,17)10-4-2-8(3-5-10)11-6-9(7-13-11)12(14)15/h2-5,9,11,13H,6-7H2,1H3,(H,14,15). The Morgan fingerprint density at radius 3 is 2.39 bits per heavy atom. The molecule has 1 heterocycles. The van der Waals surface area contributed by atoms with Crippen LogP contribution in [0.25, 0.3) is 0 Å². The maximum Gasteiger partial charge on any atom is 0.307 e. The zero-order valence-corrected chi connectivity index (χ0v) is 10.8. The van der Waals surface area contributed by atoms with Crippen LogP contribution in [0.3, 0.4) is 0 Å². The molecule has 0 bridgehead atoms. The molecule has 2 atom stereocenters. The first-order valence-electron chi connectivity index (χ1n) is 5.64. The van der Waals surface area contributed by atoms with E-state index in [0.717, 1.165) is 11.8 Å². The van der Waals surface area contributed by atoms with E-state index in [0.29, 0.717) is 13.0 Å². The van der Waals surface area contributed by atoms with Crippen LogP contribution in [0, 0.1) is 5.92 Å². The molecule has 18 heavy (non-hydrogen) atoms. The van der Waals surface area contributed by atoms with E-state index >= 15 is 0 Å². The summed E-state index contributed by atoms with van der Waals surface area (Å²) in [6.07, 6.45) is 1.70. The monoisotopic (exact) mass is 269 g/mol. The minimum atomic E-state index is -3.18. The van der Waals surface area contributed by atoms with E-state index in [2.05, 4.69) is 5.32 Å². The highest BCUT2D eigenvalue weighted by atomic mass is 32.2. The van der Waals surface area contributed by atoms with E-state index < -0.39 is 15.8 Å². The zero-order chi connectivity index (χ0) is 13.3. The molecule has 5 nitrogen and oxygen atoms in total. The van der Waals surface area contributed by atoms with Gasteiger partial charge < -0.3 is 10.4 Å². The van der Waals surface area contributed by atoms with Gasteiger partial charge in [0.15, 0.2) is 9.84 Å². The van der Waals surface area contributed by atoms with Crippen molar-refractivity contribution in [3.05, 3.63) is 29.8 Å². The fourth-order valence-corrected chi connectivity index (χ4v) is 2.76. The van der Waals surface area contributed by atoms with Crippen molar-refractivity contribution in [1.82, 2.24) is 5.32 Å². The summed E-state index contributed by atoms with van der Waals surface area (Å²) in [4.78, 5) is 11.1. The van der Waals surface area contributed by atoms with Gasteiger partial charge in [0, 0.05) is 18.8 Å². The third kappa shape index (κ3) is 2.70. The molecular formula is C12H15NO4S. The normalized spacial score (nSPS) is 24.1. The Morgan fingerprint density at radius 2 is 1.94 bits per heavy atom. The average molecular weight is 269 g/mol. The molecule has 0 amide bonds. The van der Waals surface area contributed by atoms with Crippen LogP contribution in [-0.2, 0) is 14.6 Å². The fourth-order valence-electron chi connectivity index (χ4n) is 2.13. The number of aliphatic carboxylic acids is 1. The first-order chi connectivity index (χ1) is 8.38. The summed E-state index contributed by atoms with van der Waals surface area (Å²) in [5.41, 5.74) is 0.922. The van der Waals surface area contributed by atoms with E-state index in [9.17, 15) is 13.2 Å². The SMILES string of the molecule is CS(=O)(=O)c1ccc(C2CC(C(=O)O)CN2)cc1. The van der Waals surface area contributed by atoms with E-state index in [1.165, 1.54) is 0 Å². The van der Waals surface area contributed by atoms with Crippen molar-refractivity contribution < 1.29 is 18.3 Å². The number of carbonyl (C=O) groups is 1. The third-order valence-corrected chi connectivity index (χ3v) is 4.32. The van der Waals surface area contributed by atoms with Crippen LogP contribution < -0.4 is 5.32 Å². The summed E-state index contributed by atoms with van der Waals surface area (Å²) in [6, 6.07) is 6.57. The topological polar surface area (TPSA) is 83.5 Å². The molecule has 1 aromatic rings. The van der Waals surface area contributed by atoms with Crippen molar-refractivity contribution in [3.8, 4) is 0 Å². The molecule has 1 fully saturated rings. The molecule has 2 N–H and O–H groups in total. The lowest BCUT2D eigenvalue weighted by Gasteiger charge is -2.10. The first-order valence-corrected chi connectivity index (χ1v) is 7.53. The van der Waals surface area contributed by atoms with Gasteiger partial charge in [-0.2, -0.15) is 0 Å². The summed E-state index contributed by atoms with van der Waals surface area (Å²) in [5.74, 6) is -1.16. The predicted molar refractivity (Wildman–Crippen MR) is 66.0 cm³/mol. The summed E-state index contributed by atoms with van der Waals surface area (Å²) in [6.45, 7) is 0.452. The smallest absolute Gasteiger partial charge is 0.307 e. The lowest BCUT2D eigenvalue weighted by molar-refractivity contribution is -0.141. The molecule has 2 unspecified atom stereocenters. The van der Waals surface area contributed by atoms with Gasteiger partial charge in [0.25, 0.3) is 0 Å². The second-order valence-corrected chi connectivity index (χ2v) is 6.59. The maximum absolute atomic E-state index is 11.3. The van der Waals surface area contributed by atoms with Crippen LogP contribution in [0.5, 0.6) is 0 Å². The number of nitrogens with one attached hydrogen (secondary N) is 1. The van der Waals surface area contributed by atoms with Crippen LogP contribution in [0.2, 0.25) is 0 Å². The average Bonchev–Trinajstić information content (AvgIpc) is 2.77. The number of benzene rings is 1. The molecule has 0 spiro atoms. The van der Waals surface area contributed by atoms with Crippen molar-refractivity contribution in [2.24, 2.45) is 5.92 Å². The Labute approximate surface area is 106 Å². The number of carboxylic acid groups (broad SMARTS) is 1. The second kappa shape index (κ2) is 4.70. The summed E-state index contributed by atoms with van der Waals surface area (Å²) in [7, 11) is -3.18. The lowest BCUT2D eigenvalue weighted by Crippen LogP contribution is -2.17. The van der Waals surface area contributed by atoms with Gasteiger partial charge in [0.05, 0.1) is 10.8 Å². The number of hydrogen-bond acceptors (Lipinski definition) is 4. The van der Waals surface area contributed by atoms with Gasteiger partial charge in [-0.3, -0.25) is 4.79 Å². The van der Waals surface area contributed by atoms with Crippen molar-refractivity contribution in [2.75, 3.05) is 12.8 Å². The zero-order valence-electron chi connectivity index (χ0n) is 9.96. The van der Waals surface area contributed by atoms with Crippen molar-refractivity contribution in [1.29, 1.82) is 0 Å². The largest absolute Gasteiger partial charge is 0.481 e. The fraction of sp³-hybridized carbons (Fsp3) is 0.417. The molecule has 0 aromatic heterocycles. The van der Waals surface area contributed by atoms with E-state index in [4.69, 9.17) is 5.11 Å². The minimum Gasteiger partial charge on any atom is -0.481 e. The highest BCUT2D eigenvalue weighted by molar-refractivity contribution is 7.90. The molecule has 98 valence electrons. The van der Waals surface area contributed by atoms with Gasteiger partial charge in [-0.1, -0.05) is 12.1 Å². The molecule has 2 rings (SSSR count). The molecule has 1 aliphatic heterocycles. The summed E-state index contributed by atoms with van der Waals surface area (Å²) < 4.78 is 22.6. The van der Waals surface area contributed by atoms with Gasteiger partial charge in [0.1, 0.15) is 0 Å². The highest BCUT2D eigenvalue weighted by Gasteiger charge is 2.30. The quantitative estimate of drug-likeness (QED) is 0.849. The first kappa shape index (κ1) is 13.0. The van der Waals surface area contributed by atoms with Crippen LogP contribution in [0.1, 0.15) is 18.0 Å². The van der Waals surface area contributed by atoms with Crippen LogP contribution in [0.15, 0.2) is 29.2 Å². The van der Waals surface area contributed by atoms with Crippen molar-refractivity contribution >= 4 is 15.8 Å². The number of carboxylic acids is 1. The van der Waals surface area contributed by atoms with Gasteiger partial charge >= 0.3 is 5.97 Å². The number of sulfone groups is 1. The van der Waals surface area contributed by atoms with E-state index in [1.54, 1.807) is 24.3 Å². The third-order valence-electron chi connectivity index (χ3n) is 3.19. The number of hydrogen-bond donors (Lipinski definition) is 2. The van der Waals surface area contributed by atoms with Gasteiger partial charge in [-0.25, -0.2) is 8.42 Å². The van der Waals surface area contributed by atoms with E-state index in [1.807, 2.05) is 0 Å². The van der Waals surface area contributed by atoms with Crippen molar-refractivity contribution in [2.45, 2.75) is 17.4 Å². The Hall–Kier alpha value is -1.40. The molecule has 1 aromatic carbocycles. The Morgan fingerprint density at radius 1 is 1.33 bits per heavy atom. The molecule has 6 heteroatoms. The highest BCUT2D eigenvalue weighted by Crippen LogP contribution is 2.27. The predicted octanol–water partition coefficient (Wildman–Crippen LogP) is 0.825. The Balaban J connectivity index is 2.14. The van der Waals surface area contributed by atoms with Gasteiger partial charge in [-0.15, -0.1) is 0 Å². The summed E-state index contributed by atoms with van der Waals surface area (Å²) >= 11 is 0. The molecule has 0 radical (unpaired) electrons. The lowest BCUT2D eigenvalue weighted by atomic mass is 10.0. The Bertz CT molecular complexity index is 550. The molecular weight excluding hydrogens is 254 g/mol. The number of rotatable bonds is 3. The molecule has 1 aliphatic rings. The summed E-state index contributed by atoms with van der Waals surface area (Å²) in [5, 5.41) is 12.0. The van der Waals surface area contributed by atoms with E-state index in [-0.39, 0.29) is 16.9 Å². The van der Waals surface area contributed by atoms with Crippen molar-refractivity contribution in [3.63, 3.8) is 0 Å². The Kier molecular flexibility index (Phi) is 3.41. The van der Waals surface area contributed by atoms with Gasteiger partial charge in [0.2, 0.25) is 0 Å². The molecule has 0 aliphatic carbocycles. The van der Waals surface area contributed by atoms with Crippen LogP contribution in [-0.4, -0.2) is 32.3 Å². The molecule has 1 saturated heterocycles. The van der Waals surface area contributed by atoms with Crippen LogP contribution in [0.4, 0.5) is 0 Å². The molecule has 0 saturated carbocycles.